The van der Waals surface area contributed by atoms with Crippen LogP contribution in [0.3, 0.4) is 0 Å². The van der Waals surface area contributed by atoms with Crippen LogP contribution in [-0.4, -0.2) is 34.8 Å². The highest BCUT2D eigenvalue weighted by atomic mass is 16.6. The van der Waals surface area contributed by atoms with E-state index in [1.807, 2.05) is 0 Å². The van der Waals surface area contributed by atoms with Crippen molar-refractivity contribution in [1.29, 1.82) is 0 Å². The summed E-state index contributed by atoms with van der Waals surface area (Å²) in [5.41, 5.74) is -1.51. The fourth-order valence-corrected chi connectivity index (χ4v) is 1.17. The molecule has 1 saturated heterocycles. The first-order valence-electron chi connectivity index (χ1n) is 4.82. The Morgan fingerprint density at radius 1 is 1.47 bits per heavy atom. The van der Waals surface area contributed by atoms with Crippen LogP contribution < -0.4 is 0 Å². The van der Waals surface area contributed by atoms with Gasteiger partial charge in [-0.05, 0) is 34.6 Å². The molecule has 1 aliphatic heterocycles. The van der Waals surface area contributed by atoms with Crippen LogP contribution in [0, 0.1) is 0 Å². The van der Waals surface area contributed by atoms with Crippen molar-refractivity contribution in [2.75, 3.05) is 6.73 Å². The molecule has 0 aromatic heterocycles. The second-order valence-corrected chi connectivity index (χ2v) is 5.03. The lowest BCUT2D eigenvalue weighted by Crippen LogP contribution is -2.48. The fourth-order valence-electron chi connectivity index (χ4n) is 1.17. The van der Waals surface area contributed by atoms with E-state index in [0.717, 1.165) is 0 Å². The summed E-state index contributed by atoms with van der Waals surface area (Å²) in [6.45, 7) is 8.54. The maximum Gasteiger partial charge on any atom is 0.413 e. The van der Waals surface area contributed by atoms with Gasteiger partial charge in [-0.15, -0.1) is 0 Å². The first-order valence-corrected chi connectivity index (χ1v) is 4.82. The highest BCUT2D eigenvalue weighted by Crippen LogP contribution is 2.25. The Morgan fingerprint density at radius 2 is 2.00 bits per heavy atom. The van der Waals surface area contributed by atoms with Gasteiger partial charge in [-0.3, -0.25) is 4.90 Å². The molecule has 5 heteroatoms. The zero-order chi connectivity index (χ0) is 11.9. The summed E-state index contributed by atoms with van der Waals surface area (Å²) in [5.74, 6) is -0.409. The first kappa shape index (κ1) is 11.8. The molecule has 1 rings (SSSR count). The molecule has 0 spiro atoms. The van der Waals surface area contributed by atoms with E-state index in [-0.39, 0.29) is 6.73 Å². The molecule has 0 N–H and O–H groups in total. The second kappa shape index (κ2) is 3.40. The molecule has 0 aliphatic carbocycles. The third kappa shape index (κ3) is 2.40. The number of ether oxygens (including phenoxy) is 2. The van der Waals surface area contributed by atoms with E-state index in [2.05, 4.69) is 0 Å². The zero-order valence-electron chi connectivity index (χ0n) is 9.79. The molecule has 0 unspecified atom stereocenters. The lowest BCUT2D eigenvalue weighted by Gasteiger charge is -2.29. The third-order valence-electron chi connectivity index (χ3n) is 2.11. The molecule has 0 radical (unpaired) electrons. The molecular formula is C10H17NO4. The van der Waals surface area contributed by atoms with E-state index in [1.165, 1.54) is 4.90 Å². The van der Waals surface area contributed by atoms with Crippen molar-refractivity contribution in [2.45, 2.75) is 45.8 Å². The van der Waals surface area contributed by atoms with Crippen LogP contribution in [-0.2, 0) is 14.3 Å². The molecule has 1 heterocycles. The lowest BCUT2D eigenvalue weighted by atomic mass is 10.1. The number of carbonyl (C=O) groups is 2. The predicted molar refractivity (Wildman–Crippen MR) is 53.1 cm³/mol. The first-order chi connectivity index (χ1) is 6.64. The van der Waals surface area contributed by atoms with Crippen LogP contribution in [0.2, 0.25) is 0 Å². The molecular weight excluding hydrogens is 198 g/mol. The molecule has 1 fully saturated rings. The van der Waals surface area contributed by atoms with Gasteiger partial charge in [0.25, 0.3) is 0 Å². The summed E-state index contributed by atoms with van der Waals surface area (Å²) in [7, 11) is 0. The quantitative estimate of drug-likeness (QED) is 0.575. The molecule has 0 saturated carbocycles. The van der Waals surface area contributed by atoms with Gasteiger partial charge in [0.05, 0.1) is 0 Å². The van der Waals surface area contributed by atoms with Crippen molar-refractivity contribution in [3.63, 3.8) is 0 Å². The molecule has 15 heavy (non-hydrogen) atoms. The Hall–Kier alpha value is -1.26. The topological polar surface area (TPSA) is 55.8 Å². The van der Waals surface area contributed by atoms with Crippen molar-refractivity contribution in [3.8, 4) is 0 Å². The van der Waals surface area contributed by atoms with Gasteiger partial charge >= 0.3 is 12.1 Å². The minimum absolute atomic E-state index is 0.0409. The highest BCUT2D eigenvalue weighted by Gasteiger charge is 2.46. The Labute approximate surface area is 89.3 Å². The maximum atomic E-state index is 11.7. The second-order valence-electron chi connectivity index (χ2n) is 5.03. The standard InChI is InChI=1S/C10H17NO4/c1-9(2,3)15-8(13)11-6-14-7(12)10(11,4)5/h6H2,1-5H3. The Kier molecular flexibility index (Phi) is 2.67. The van der Waals surface area contributed by atoms with Gasteiger partial charge in [0, 0.05) is 0 Å². The van der Waals surface area contributed by atoms with Crippen molar-refractivity contribution < 1.29 is 19.1 Å². The van der Waals surface area contributed by atoms with Crippen LogP contribution in [0.5, 0.6) is 0 Å². The molecule has 0 aromatic rings. The molecule has 1 aliphatic rings. The Balaban J connectivity index is 2.74. The number of rotatable bonds is 0. The van der Waals surface area contributed by atoms with E-state index in [4.69, 9.17) is 9.47 Å². The van der Waals surface area contributed by atoms with Crippen molar-refractivity contribution in [2.24, 2.45) is 0 Å². The maximum absolute atomic E-state index is 11.7. The minimum Gasteiger partial charge on any atom is -0.444 e. The number of nitrogens with zero attached hydrogens (tertiary/aromatic N) is 1. The molecule has 0 aromatic carbocycles. The summed E-state index contributed by atoms with van der Waals surface area (Å²) >= 11 is 0. The number of hydrogen-bond acceptors (Lipinski definition) is 4. The van der Waals surface area contributed by atoms with Gasteiger partial charge in [-0.25, -0.2) is 9.59 Å². The number of hydrogen-bond donors (Lipinski definition) is 0. The van der Waals surface area contributed by atoms with E-state index in [1.54, 1.807) is 34.6 Å². The fraction of sp³-hybridized carbons (Fsp3) is 0.800. The lowest BCUT2D eigenvalue weighted by molar-refractivity contribution is -0.141. The van der Waals surface area contributed by atoms with E-state index < -0.39 is 23.2 Å². The molecule has 0 atom stereocenters. The SMILES string of the molecule is CC(C)(C)OC(=O)N1COC(=O)C1(C)C. The van der Waals surface area contributed by atoms with Crippen LogP contribution in [0.25, 0.3) is 0 Å². The van der Waals surface area contributed by atoms with Gasteiger partial charge in [-0.2, -0.15) is 0 Å². The Bertz CT molecular complexity index is 290. The van der Waals surface area contributed by atoms with Gasteiger partial charge in [0.1, 0.15) is 11.1 Å². The molecule has 5 nitrogen and oxygen atoms in total. The van der Waals surface area contributed by atoms with Crippen molar-refractivity contribution in [3.05, 3.63) is 0 Å². The van der Waals surface area contributed by atoms with Crippen LogP contribution >= 0.6 is 0 Å². The van der Waals surface area contributed by atoms with Crippen molar-refractivity contribution in [1.82, 2.24) is 4.90 Å². The van der Waals surface area contributed by atoms with Crippen LogP contribution in [0.1, 0.15) is 34.6 Å². The summed E-state index contributed by atoms with van der Waals surface area (Å²) < 4.78 is 9.96. The zero-order valence-corrected chi connectivity index (χ0v) is 9.79. The van der Waals surface area contributed by atoms with Gasteiger partial charge < -0.3 is 9.47 Å². The van der Waals surface area contributed by atoms with Crippen LogP contribution in [0.4, 0.5) is 4.79 Å². The summed E-state index contributed by atoms with van der Waals surface area (Å²) in [6.07, 6.45) is -0.529. The monoisotopic (exact) mass is 215 g/mol. The minimum atomic E-state index is -0.942. The summed E-state index contributed by atoms with van der Waals surface area (Å²) in [4.78, 5) is 24.3. The van der Waals surface area contributed by atoms with Gasteiger partial charge in [-0.1, -0.05) is 0 Å². The molecule has 86 valence electrons. The predicted octanol–water partition coefficient (Wildman–Crippen LogP) is 1.52. The van der Waals surface area contributed by atoms with E-state index >= 15 is 0 Å². The average molecular weight is 215 g/mol. The largest absolute Gasteiger partial charge is 0.444 e. The van der Waals surface area contributed by atoms with Crippen LogP contribution in [0.15, 0.2) is 0 Å². The third-order valence-corrected chi connectivity index (χ3v) is 2.11. The Morgan fingerprint density at radius 3 is 2.33 bits per heavy atom. The number of carbonyl (C=O) groups excluding carboxylic acids is 2. The molecule has 0 bridgehead atoms. The molecule has 1 amide bonds. The average Bonchev–Trinajstić information content (AvgIpc) is 2.23. The van der Waals surface area contributed by atoms with Gasteiger partial charge in [0.2, 0.25) is 0 Å². The summed E-state index contributed by atoms with van der Waals surface area (Å²) in [5, 5.41) is 0. The number of amides is 1. The van der Waals surface area contributed by atoms with Gasteiger partial charge in [0.15, 0.2) is 6.73 Å². The smallest absolute Gasteiger partial charge is 0.413 e. The van der Waals surface area contributed by atoms with E-state index in [0.29, 0.717) is 0 Å². The van der Waals surface area contributed by atoms with Crippen molar-refractivity contribution >= 4 is 12.1 Å². The number of cyclic esters (lactones) is 1. The van der Waals surface area contributed by atoms with E-state index in [9.17, 15) is 9.59 Å². The number of esters is 1. The normalized spacial score (nSPS) is 20.1. The highest BCUT2D eigenvalue weighted by molar-refractivity contribution is 5.87. The summed E-state index contributed by atoms with van der Waals surface area (Å²) in [6, 6.07) is 0.